The van der Waals surface area contributed by atoms with E-state index in [0.717, 1.165) is 0 Å². The fraction of sp³-hybridized carbons (Fsp3) is 0.467. The van der Waals surface area contributed by atoms with Crippen molar-refractivity contribution < 1.29 is 19.1 Å². The van der Waals surface area contributed by atoms with Crippen LogP contribution in [0.3, 0.4) is 0 Å². The number of aliphatic carboxylic acids is 1. The summed E-state index contributed by atoms with van der Waals surface area (Å²) in [5.74, 6) is -2.20. The van der Waals surface area contributed by atoms with E-state index in [9.17, 15) is 19.1 Å². The predicted molar refractivity (Wildman–Crippen MR) is 79.6 cm³/mol. The number of rotatable bonds is 4. The Kier molecular flexibility index (Phi) is 4.66. The Balaban J connectivity index is 2.41. The number of benzene rings is 1. The van der Waals surface area contributed by atoms with Gasteiger partial charge in [0.15, 0.2) is 0 Å². The lowest BCUT2D eigenvalue weighted by Gasteiger charge is -2.34. The molecule has 1 atom stereocenters. The third-order valence-corrected chi connectivity index (χ3v) is 4.45. The Hall–Kier alpha value is -1.43. The van der Waals surface area contributed by atoms with E-state index in [-0.39, 0.29) is 5.56 Å². The molecule has 21 heavy (non-hydrogen) atoms. The minimum Gasteiger partial charge on any atom is -0.479 e. The summed E-state index contributed by atoms with van der Waals surface area (Å²) in [6.07, 6.45) is 2.06. The van der Waals surface area contributed by atoms with Crippen LogP contribution < -0.4 is 0 Å². The van der Waals surface area contributed by atoms with Crippen molar-refractivity contribution in [3.05, 3.63) is 34.1 Å². The number of carbonyl (C=O) groups excluding carboxylic acids is 1. The van der Waals surface area contributed by atoms with Crippen LogP contribution in [0.25, 0.3) is 0 Å². The molecule has 1 unspecified atom stereocenters. The summed E-state index contributed by atoms with van der Waals surface area (Å²) in [5.41, 5.74) is -1.30. The highest BCUT2D eigenvalue weighted by Crippen LogP contribution is 2.35. The molecule has 0 spiro atoms. The standard InChI is InChI=1S/C15H17BrFNO3/c1-2-6-15(14(20)21)7-3-8-18(15)13(19)11-9-10(16)4-5-12(11)17/h4-5,9H,2-3,6-8H2,1H3,(H,20,21). The average molecular weight is 358 g/mol. The first-order valence-electron chi connectivity index (χ1n) is 6.93. The minimum absolute atomic E-state index is 0.0898. The summed E-state index contributed by atoms with van der Waals surface area (Å²) in [4.78, 5) is 25.7. The molecule has 6 heteroatoms. The van der Waals surface area contributed by atoms with E-state index in [2.05, 4.69) is 15.9 Å². The first kappa shape index (κ1) is 15.9. The molecule has 1 fully saturated rings. The molecule has 0 bridgehead atoms. The first-order chi connectivity index (χ1) is 9.92. The molecule has 1 N–H and O–H groups in total. The smallest absolute Gasteiger partial charge is 0.329 e. The number of hydrogen-bond donors (Lipinski definition) is 1. The molecule has 1 aromatic rings. The van der Waals surface area contributed by atoms with Crippen LogP contribution in [0.15, 0.2) is 22.7 Å². The Bertz CT molecular complexity index is 578. The van der Waals surface area contributed by atoms with Crippen LogP contribution >= 0.6 is 15.9 Å². The molecule has 1 aliphatic heterocycles. The maximum atomic E-state index is 13.9. The van der Waals surface area contributed by atoms with Crippen molar-refractivity contribution in [2.24, 2.45) is 0 Å². The summed E-state index contributed by atoms with van der Waals surface area (Å²) in [6, 6.07) is 4.11. The van der Waals surface area contributed by atoms with Crippen molar-refractivity contribution in [3.8, 4) is 0 Å². The van der Waals surface area contributed by atoms with Crippen LogP contribution in [-0.4, -0.2) is 34.0 Å². The molecule has 1 aromatic carbocycles. The number of carboxylic acid groups (broad SMARTS) is 1. The van der Waals surface area contributed by atoms with Crippen LogP contribution in [0.2, 0.25) is 0 Å². The lowest BCUT2D eigenvalue weighted by Crippen LogP contribution is -2.53. The van der Waals surface area contributed by atoms with Crippen LogP contribution in [0.1, 0.15) is 43.0 Å². The van der Waals surface area contributed by atoms with Gasteiger partial charge in [-0.25, -0.2) is 9.18 Å². The van der Waals surface area contributed by atoms with E-state index in [0.29, 0.717) is 36.7 Å². The zero-order valence-electron chi connectivity index (χ0n) is 11.7. The van der Waals surface area contributed by atoms with Gasteiger partial charge in [0.25, 0.3) is 5.91 Å². The van der Waals surface area contributed by atoms with Crippen molar-refractivity contribution in [3.63, 3.8) is 0 Å². The summed E-state index contributed by atoms with van der Waals surface area (Å²) in [7, 11) is 0. The molecular formula is C15H17BrFNO3. The molecule has 1 amide bonds. The summed E-state index contributed by atoms with van der Waals surface area (Å²) < 4.78 is 14.5. The quantitative estimate of drug-likeness (QED) is 0.897. The highest BCUT2D eigenvalue weighted by Gasteiger charge is 2.49. The topological polar surface area (TPSA) is 57.6 Å². The molecule has 2 rings (SSSR count). The largest absolute Gasteiger partial charge is 0.479 e. The Morgan fingerprint density at radius 2 is 2.19 bits per heavy atom. The molecule has 0 aromatic heterocycles. The van der Waals surface area contributed by atoms with E-state index >= 15 is 0 Å². The Labute approximate surface area is 131 Å². The van der Waals surface area contributed by atoms with Gasteiger partial charge < -0.3 is 10.0 Å². The van der Waals surface area contributed by atoms with Crippen LogP contribution in [0.5, 0.6) is 0 Å². The number of halogens is 2. The maximum absolute atomic E-state index is 13.9. The number of nitrogens with zero attached hydrogens (tertiary/aromatic N) is 1. The van der Waals surface area contributed by atoms with Gasteiger partial charge in [-0.1, -0.05) is 29.3 Å². The van der Waals surface area contributed by atoms with E-state index in [4.69, 9.17) is 0 Å². The second-order valence-electron chi connectivity index (χ2n) is 5.27. The number of likely N-dealkylation sites (tertiary alicyclic amines) is 1. The molecule has 1 saturated heterocycles. The summed E-state index contributed by atoms with van der Waals surface area (Å²) >= 11 is 3.21. The van der Waals surface area contributed by atoms with Gasteiger partial charge in [0.05, 0.1) is 5.56 Å². The number of amides is 1. The molecule has 0 radical (unpaired) electrons. The van der Waals surface area contributed by atoms with E-state index in [1.807, 2.05) is 6.92 Å². The van der Waals surface area contributed by atoms with Gasteiger partial charge in [0, 0.05) is 11.0 Å². The lowest BCUT2D eigenvalue weighted by atomic mass is 9.90. The Morgan fingerprint density at radius 1 is 1.48 bits per heavy atom. The molecular weight excluding hydrogens is 341 g/mol. The molecule has 114 valence electrons. The average Bonchev–Trinajstić information content (AvgIpc) is 2.86. The highest BCUT2D eigenvalue weighted by molar-refractivity contribution is 9.10. The third-order valence-electron chi connectivity index (χ3n) is 3.95. The zero-order valence-corrected chi connectivity index (χ0v) is 13.3. The van der Waals surface area contributed by atoms with Gasteiger partial charge in [-0.2, -0.15) is 0 Å². The minimum atomic E-state index is -1.21. The van der Waals surface area contributed by atoms with Crippen molar-refractivity contribution in [1.29, 1.82) is 0 Å². The summed E-state index contributed by atoms with van der Waals surface area (Å²) in [5, 5.41) is 9.59. The third kappa shape index (κ3) is 2.81. The van der Waals surface area contributed by atoms with Gasteiger partial charge in [-0.15, -0.1) is 0 Å². The van der Waals surface area contributed by atoms with E-state index in [1.54, 1.807) is 0 Å². The number of carboxylic acids is 1. The van der Waals surface area contributed by atoms with Gasteiger partial charge in [-0.3, -0.25) is 4.79 Å². The fourth-order valence-corrected chi connectivity index (χ4v) is 3.35. The molecule has 0 aliphatic carbocycles. The zero-order chi connectivity index (χ0) is 15.6. The van der Waals surface area contributed by atoms with E-state index in [1.165, 1.54) is 23.1 Å². The molecule has 0 saturated carbocycles. The predicted octanol–water partition coefficient (Wildman–Crippen LogP) is 3.45. The fourth-order valence-electron chi connectivity index (χ4n) is 2.98. The lowest BCUT2D eigenvalue weighted by molar-refractivity contribution is -0.148. The number of carbonyl (C=O) groups is 2. The second-order valence-corrected chi connectivity index (χ2v) is 6.19. The molecule has 4 nitrogen and oxygen atoms in total. The molecule has 1 heterocycles. The molecule has 1 aliphatic rings. The SMILES string of the molecule is CCCC1(C(=O)O)CCCN1C(=O)c1cc(Br)ccc1F. The van der Waals surface area contributed by atoms with Crippen LogP contribution in [0.4, 0.5) is 4.39 Å². The summed E-state index contributed by atoms with van der Waals surface area (Å²) in [6.45, 7) is 2.22. The van der Waals surface area contributed by atoms with Crippen molar-refractivity contribution in [2.45, 2.75) is 38.1 Å². The number of hydrogen-bond acceptors (Lipinski definition) is 2. The van der Waals surface area contributed by atoms with Gasteiger partial charge in [0.1, 0.15) is 11.4 Å². The maximum Gasteiger partial charge on any atom is 0.329 e. The normalized spacial score (nSPS) is 21.6. The van der Waals surface area contributed by atoms with Gasteiger partial charge in [0.2, 0.25) is 0 Å². The van der Waals surface area contributed by atoms with Crippen molar-refractivity contribution in [1.82, 2.24) is 4.90 Å². The second kappa shape index (κ2) is 6.13. The Morgan fingerprint density at radius 3 is 2.81 bits per heavy atom. The van der Waals surface area contributed by atoms with Crippen molar-refractivity contribution >= 4 is 27.8 Å². The van der Waals surface area contributed by atoms with Crippen molar-refractivity contribution in [2.75, 3.05) is 6.54 Å². The van der Waals surface area contributed by atoms with Gasteiger partial charge in [-0.05, 0) is 37.5 Å². The first-order valence-corrected chi connectivity index (χ1v) is 7.72. The van der Waals surface area contributed by atoms with Gasteiger partial charge >= 0.3 is 5.97 Å². The van der Waals surface area contributed by atoms with Crippen LogP contribution in [-0.2, 0) is 4.79 Å². The van der Waals surface area contributed by atoms with E-state index < -0.39 is 23.2 Å². The monoisotopic (exact) mass is 357 g/mol. The van der Waals surface area contributed by atoms with Crippen LogP contribution in [0, 0.1) is 5.82 Å². The highest BCUT2D eigenvalue weighted by atomic mass is 79.9.